The van der Waals surface area contributed by atoms with E-state index < -0.39 is 17.8 Å². The number of imide groups is 1. The lowest BCUT2D eigenvalue weighted by Gasteiger charge is -2.26. The van der Waals surface area contributed by atoms with Gasteiger partial charge < -0.3 is 9.94 Å². The molecule has 0 aliphatic carbocycles. The Morgan fingerprint density at radius 1 is 1.23 bits per heavy atom. The van der Waals surface area contributed by atoms with E-state index >= 15 is 0 Å². The molecule has 1 saturated heterocycles. The minimum Gasteiger partial charge on any atom is -0.395 e. The number of thioether (sulfide) groups is 2. The van der Waals surface area contributed by atoms with E-state index in [-0.39, 0.29) is 36.7 Å². The largest absolute Gasteiger partial charge is 0.395 e. The molecule has 0 aromatic heterocycles. The lowest BCUT2D eigenvalue weighted by molar-refractivity contribution is -0.196. The van der Waals surface area contributed by atoms with Gasteiger partial charge in [-0.15, -0.1) is 16.8 Å². The molecule has 0 radical (unpaired) electrons. The van der Waals surface area contributed by atoms with Crippen LogP contribution in [0.5, 0.6) is 0 Å². The SMILES string of the molecule is O=C/C(CC(=O)ON1C(=O)CCC1=O)=C1\Sc2ccccc2SC1CO. The van der Waals surface area contributed by atoms with Gasteiger partial charge in [-0.3, -0.25) is 14.4 Å². The number of carbonyl (C=O) groups is 4. The van der Waals surface area contributed by atoms with E-state index in [1.54, 1.807) is 0 Å². The van der Waals surface area contributed by atoms with Crippen LogP contribution in [0.25, 0.3) is 0 Å². The van der Waals surface area contributed by atoms with Gasteiger partial charge in [-0.05, 0) is 12.1 Å². The molecule has 1 aromatic rings. The maximum atomic E-state index is 12.1. The van der Waals surface area contributed by atoms with Gasteiger partial charge in [0.1, 0.15) is 6.29 Å². The van der Waals surface area contributed by atoms with Crippen LogP contribution in [-0.4, -0.2) is 46.1 Å². The summed E-state index contributed by atoms with van der Waals surface area (Å²) in [7, 11) is 0. The topological polar surface area (TPSA) is 101 Å². The maximum absolute atomic E-state index is 12.1. The first-order valence-corrected chi connectivity index (χ1v) is 9.52. The van der Waals surface area contributed by atoms with Crippen LogP contribution in [0.1, 0.15) is 19.3 Å². The summed E-state index contributed by atoms with van der Waals surface area (Å²) < 4.78 is 0. The first-order chi connectivity index (χ1) is 12.5. The Labute approximate surface area is 157 Å². The number of aliphatic hydroxyl groups is 1. The smallest absolute Gasteiger partial charge is 0.337 e. The van der Waals surface area contributed by atoms with Gasteiger partial charge >= 0.3 is 5.97 Å². The average Bonchev–Trinajstić information content (AvgIpc) is 2.97. The standard InChI is InChI=1S/C17H15NO6S2/c19-8-10(7-16(23)24-18-14(21)5-6-15(18)22)17-13(9-20)25-11-3-1-2-4-12(11)26-17/h1-4,8,13,20H,5-7,9H2/b17-10-. The molecular weight excluding hydrogens is 378 g/mol. The van der Waals surface area contributed by atoms with Crippen LogP contribution in [0.2, 0.25) is 0 Å². The number of fused-ring (bicyclic) bond motifs is 1. The first kappa shape index (κ1) is 18.7. The minimum absolute atomic E-state index is 0.00357. The maximum Gasteiger partial charge on any atom is 0.337 e. The molecule has 2 aliphatic rings. The number of carbonyl (C=O) groups excluding carboxylic acids is 4. The molecule has 1 fully saturated rings. The summed E-state index contributed by atoms with van der Waals surface area (Å²) in [6.07, 6.45) is 0.170. The number of hydroxylamine groups is 2. The van der Waals surface area contributed by atoms with Crippen molar-refractivity contribution in [3.8, 4) is 0 Å². The molecule has 26 heavy (non-hydrogen) atoms. The third kappa shape index (κ3) is 3.84. The molecule has 2 heterocycles. The number of rotatable bonds is 5. The summed E-state index contributed by atoms with van der Waals surface area (Å²) >= 11 is 2.73. The van der Waals surface area contributed by atoms with Gasteiger partial charge in [0.05, 0.1) is 18.3 Å². The third-order valence-electron chi connectivity index (χ3n) is 3.79. The minimum atomic E-state index is -0.871. The fourth-order valence-electron chi connectivity index (χ4n) is 2.55. The predicted molar refractivity (Wildman–Crippen MR) is 93.9 cm³/mol. The van der Waals surface area contributed by atoms with Crippen molar-refractivity contribution in [2.45, 2.75) is 34.3 Å². The number of hydrogen-bond donors (Lipinski definition) is 1. The van der Waals surface area contributed by atoms with Crippen molar-refractivity contribution in [3.05, 3.63) is 34.7 Å². The molecule has 136 valence electrons. The monoisotopic (exact) mass is 393 g/mol. The number of hydrogen-bond acceptors (Lipinski definition) is 8. The molecule has 1 N–H and O–H groups in total. The van der Waals surface area contributed by atoms with Crippen LogP contribution in [0.15, 0.2) is 44.5 Å². The van der Waals surface area contributed by atoms with Crippen LogP contribution < -0.4 is 0 Å². The summed E-state index contributed by atoms with van der Waals surface area (Å²) in [5.41, 5.74) is 0.167. The molecule has 1 atom stereocenters. The summed E-state index contributed by atoms with van der Waals surface area (Å²) in [6.45, 7) is -0.198. The number of benzene rings is 1. The third-order valence-corrected chi connectivity index (χ3v) is 6.69. The summed E-state index contributed by atoms with van der Waals surface area (Å²) in [4.78, 5) is 54.0. The van der Waals surface area contributed by atoms with E-state index in [1.807, 2.05) is 24.3 Å². The van der Waals surface area contributed by atoms with Gasteiger partial charge in [0.15, 0.2) is 0 Å². The quantitative estimate of drug-likeness (QED) is 0.458. The normalized spacial score (nSPS) is 21.4. The highest BCUT2D eigenvalue weighted by Crippen LogP contribution is 2.48. The zero-order valence-electron chi connectivity index (χ0n) is 13.5. The van der Waals surface area contributed by atoms with Crippen LogP contribution >= 0.6 is 23.5 Å². The molecule has 3 rings (SSSR count). The van der Waals surface area contributed by atoms with Crippen LogP contribution in [0.4, 0.5) is 0 Å². The Bertz CT molecular complexity index is 790. The fraction of sp³-hybridized carbons (Fsp3) is 0.294. The second kappa shape index (κ2) is 8.07. The number of aliphatic hydroxyl groups excluding tert-OH is 1. The highest BCUT2D eigenvalue weighted by Gasteiger charge is 2.34. The highest BCUT2D eigenvalue weighted by molar-refractivity contribution is 8.08. The number of nitrogens with zero attached hydrogens (tertiary/aromatic N) is 1. The zero-order chi connectivity index (χ0) is 18.7. The average molecular weight is 393 g/mol. The van der Waals surface area contributed by atoms with Crippen molar-refractivity contribution >= 4 is 47.6 Å². The first-order valence-electron chi connectivity index (χ1n) is 7.82. The van der Waals surface area contributed by atoms with Crippen molar-refractivity contribution in [3.63, 3.8) is 0 Å². The van der Waals surface area contributed by atoms with E-state index in [1.165, 1.54) is 23.5 Å². The van der Waals surface area contributed by atoms with E-state index in [9.17, 15) is 24.3 Å². The molecule has 2 amide bonds. The van der Waals surface area contributed by atoms with E-state index in [4.69, 9.17) is 4.84 Å². The Kier molecular flexibility index (Phi) is 5.80. The Morgan fingerprint density at radius 3 is 2.50 bits per heavy atom. The zero-order valence-corrected chi connectivity index (χ0v) is 15.2. The lowest BCUT2D eigenvalue weighted by atomic mass is 10.1. The molecule has 2 aliphatic heterocycles. The summed E-state index contributed by atoms with van der Waals surface area (Å²) in [5.74, 6) is -2.02. The lowest BCUT2D eigenvalue weighted by Crippen LogP contribution is -2.32. The molecule has 0 spiro atoms. The molecule has 0 bridgehead atoms. The van der Waals surface area contributed by atoms with Gasteiger partial charge in [-0.25, -0.2) is 4.79 Å². The van der Waals surface area contributed by atoms with Crippen molar-refractivity contribution in [1.82, 2.24) is 5.06 Å². The van der Waals surface area contributed by atoms with E-state index in [0.717, 1.165) is 9.79 Å². The van der Waals surface area contributed by atoms with Crippen LogP contribution in [-0.2, 0) is 24.0 Å². The summed E-state index contributed by atoms with van der Waals surface area (Å²) in [6, 6.07) is 7.56. The van der Waals surface area contributed by atoms with Gasteiger partial charge in [0.2, 0.25) is 0 Å². The van der Waals surface area contributed by atoms with E-state index in [2.05, 4.69) is 0 Å². The van der Waals surface area contributed by atoms with Crippen molar-refractivity contribution in [2.75, 3.05) is 6.61 Å². The molecular formula is C17H15NO6S2. The van der Waals surface area contributed by atoms with E-state index in [0.29, 0.717) is 16.3 Å². The Hall–Kier alpha value is -2.10. The van der Waals surface area contributed by atoms with Crippen LogP contribution in [0.3, 0.4) is 0 Å². The molecule has 7 nitrogen and oxygen atoms in total. The van der Waals surface area contributed by atoms with Crippen molar-refractivity contribution < 1.29 is 29.1 Å². The van der Waals surface area contributed by atoms with Gasteiger partial charge in [-0.1, -0.05) is 23.9 Å². The van der Waals surface area contributed by atoms with Gasteiger partial charge in [0, 0.05) is 33.1 Å². The van der Waals surface area contributed by atoms with Gasteiger partial charge in [0.25, 0.3) is 11.8 Å². The van der Waals surface area contributed by atoms with Crippen LogP contribution in [0, 0.1) is 0 Å². The Morgan fingerprint density at radius 2 is 1.88 bits per heavy atom. The Balaban J connectivity index is 1.80. The second-order valence-corrected chi connectivity index (χ2v) is 7.90. The van der Waals surface area contributed by atoms with Crippen molar-refractivity contribution in [2.24, 2.45) is 0 Å². The highest BCUT2D eigenvalue weighted by atomic mass is 32.2. The summed E-state index contributed by atoms with van der Waals surface area (Å²) in [5, 5.41) is 9.75. The van der Waals surface area contributed by atoms with Gasteiger partial charge in [-0.2, -0.15) is 0 Å². The van der Waals surface area contributed by atoms with Crippen molar-refractivity contribution in [1.29, 1.82) is 0 Å². The molecule has 0 saturated carbocycles. The fourth-order valence-corrected chi connectivity index (χ4v) is 5.10. The second-order valence-electron chi connectivity index (χ2n) is 5.57. The predicted octanol–water partition coefficient (Wildman–Crippen LogP) is 1.70. The molecule has 9 heteroatoms. The number of aldehydes is 1. The molecule has 1 unspecified atom stereocenters. The number of amides is 2. The molecule has 1 aromatic carbocycles.